The van der Waals surface area contributed by atoms with E-state index < -0.39 is 6.04 Å². The fourth-order valence-electron chi connectivity index (χ4n) is 2.83. The molecule has 0 radical (unpaired) electrons. The third-order valence-corrected chi connectivity index (χ3v) is 4.19. The normalized spacial score (nSPS) is 17.3. The highest BCUT2D eigenvalue weighted by atomic mass is 32.1. The van der Waals surface area contributed by atoms with Gasteiger partial charge in [-0.25, -0.2) is 4.39 Å². The Morgan fingerprint density at radius 3 is 2.50 bits per heavy atom. The molecule has 3 nitrogen and oxygen atoms in total. The Morgan fingerprint density at radius 1 is 1.17 bits per heavy atom. The average molecular weight is 340 g/mol. The summed E-state index contributed by atoms with van der Waals surface area (Å²) in [5.41, 5.74) is 3.87. The van der Waals surface area contributed by atoms with E-state index in [1.165, 1.54) is 19.1 Å². The molecule has 0 spiro atoms. The van der Waals surface area contributed by atoms with Gasteiger partial charge in [0.1, 0.15) is 5.82 Å². The Bertz CT molecular complexity index is 843. The zero-order valence-corrected chi connectivity index (χ0v) is 14.2. The molecule has 0 bridgehead atoms. The summed E-state index contributed by atoms with van der Waals surface area (Å²) >= 11 is 5.30. The van der Waals surface area contributed by atoms with Crippen LogP contribution in [-0.2, 0) is 4.79 Å². The lowest BCUT2D eigenvalue weighted by atomic mass is 9.90. The highest BCUT2D eigenvalue weighted by molar-refractivity contribution is 7.80. The zero-order chi connectivity index (χ0) is 17.3. The van der Waals surface area contributed by atoms with Crippen LogP contribution in [0.2, 0.25) is 0 Å². The van der Waals surface area contributed by atoms with Gasteiger partial charge in [-0.1, -0.05) is 42.0 Å². The number of ketones is 1. The molecule has 0 aromatic heterocycles. The Kier molecular flexibility index (Phi) is 4.44. The molecule has 0 aliphatic carbocycles. The van der Waals surface area contributed by atoms with E-state index in [9.17, 15) is 9.18 Å². The van der Waals surface area contributed by atoms with Crippen molar-refractivity contribution in [2.45, 2.75) is 19.9 Å². The first kappa shape index (κ1) is 16.3. The molecular formula is C19H17FN2OS. The molecule has 1 aliphatic rings. The molecule has 24 heavy (non-hydrogen) atoms. The second-order valence-corrected chi connectivity index (χ2v) is 6.21. The van der Waals surface area contributed by atoms with Crippen molar-refractivity contribution in [1.29, 1.82) is 0 Å². The highest BCUT2D eigenvalue weighted by Gasteiger charge is 2.30. The lowest BCUT2D eigenvalue weighted by molar-refractivity contribution is -0.113. The highest BCUT2D eigenvalue weighted by Crippen LogP contribution is 2.32. The fourth-order valence-corrected chi connectivity index (χ4v) is 3.05. The Hall–Kier alpha value is -2.53. The summed E-state index contributed by atoms with van der Waals surface area (Å²) in [6, 6.07) is 13.6. The number of carbonyl (C=O) groups is 1. The summed E-state index contributed by atoms with van der Waals surface area (Å²) in [5, 5.41) is 6.57. The van der Waals surface area contributed by atoms with Crippen LogP contribution in [0, 0.1) is 12.7 Å². The maximum Gasteiger partial charge on any atom is 0.171 e. The molecular weight excluding hydrogens is 323 g/mol. The summed E-state index contributed by atoms with van der Waals surface area (Å²) in [6.45, 7) is 3.51. The van der Waals surface area contributed by atoms with Gasteiger partial charge in [0, 0.05) is 5.57 Å². The molecule has 2 N–H and O–H groups in total. The molecule has 0 saturated carbocycles. The molecule has 0 fully saturated rings. The number of benzene rings is 2. The van der Waals surface area contributed by atoms with Gasteiger partial charge in [0.2, 0.25) is 0 Å². The Balaban J connectivity index is 2.18. The molecule has 0 unspecified atom stereocenters. The van der Waals surface area contributed by atoms with Crippen molar-refractivity contribution in [3.8, 4) is 0 Å². The van der Waals surface area contributed by atoms with E-state index in [-0.39, 0.29) is 11.6 Å². The molecule has 5 heteroatoms. The van der Waals surface area contributed by atoms with Gasteiger partial charge in [0.15, 0.2) is 10.9 Å². The minimum atomic E-state index is -0.483. The lowest BCUT2D eigenvalue weighted by Gasteiger charge is -2.31. The van der Waals surface area contributed by atoms with Crippen molar-refractivity contribution >= 4 is 28.8 Å². The van der Waals surface area contributed by atoms with Crippen molar-refractivity contribution in [2.75, 3.05) is 0 Å². The summed E-state index contributed by atoms with van der Waals surface area (Å²) in [7, 11) is 0. The van der Waals surface area contributed by atoms with E-state index in [0.29, 0.717) is 21.9 Å². The minimum Gasteiger partial charge on any atom is -0.351 e. The van der Waals surface area contributed by atoms with Crippen LogP contribution < -0.4 is 10.6 Å². The van der Waals surface area contributed by atoms with Crippen molar-refractivity contribution in [1.82, 2.24) is 10.6 Å². The average Bonchev–Trinajstić information content (AvgIpc) is 2.54. The molecule has 2 aromatic rings. The zero-order valence-electron chi connectivity index (χ0n) is 13.4. The predicted molar refractivity (Wildman–Crippen MR) is 96.8 cm³/mol. The first-order chi connectivity index (χ1) is 11.5. The SMILES string of the molecule is CC(=O)C1=C(c2ccc(C)cc2)NC(=S)N[C@@H]1c1cccc(F)c1. The maximum absolute atomic E-state index is 13.6. The van der Waals surface area contributed by atoms with Crippen LogP contribution in [0.3, 0.4) is 0 Å². The number of hydrogen-bond acceptors (Lipinski definition) is 2. The molecule has 1 heterocycles. The van der Waals surface area contributed by atoms with Gasteiger partial charge >= 0.3 is 0 Å². The third kappa shape index (κ3) is 3.21. The predicted octanol–water partition coefficient (Wildman–Crippen LogP) is 3.65. The minimum absolute atomic E-state index is 0.0951. The van der Waals surface area contributed by atoms with Crippen LogP contribution in [0.25, 0.3) is 5.70 Å². The van der Waals surface area contributed by atoms with E-state index in [1.807, 2.05) is 31.2 Å². The standard InChI is InChI=1S/C19H17FN2OS/c1-11-6-8-13(9-7-11)17-16(12(2)23)18(22-19(24)21-17)14-4-3-5-15(20)10-14/h3-10,18H,1-2H3,(H2,21,22,24)/t18-/m1/s1. The quantitative estimate of drug-likeness (QED) is 0.837. The van der Waals surface area contributed by atoms with Crippen LogP contribution in [0.4, 0.5) is 4.39 Å². The van der Waals surface area contributed by atoms with E-state index in [2.05, 4.69) is 10.6 Å². The first-order valence-electron chi connectivity index (χ1n) is 7.61. The third-order valence-electron chi connectivity index (χ3n) is 3.97. The fraction of sp³-hybridized carbons (Fsp3) is 0.158. The van der Waals surface area contributed by atoms with Gasteiger partial charge < -0.3 is 10.6 Å². The molecule has 122 valence electrons. The maximum atomic E-state index is 13.6. The van der Waals surface area contributed by atoms with Crippen LogP contribution in [-0.4, -0.2) is 10.9 Å². The molecule has 2 aromatic carbocycles. The van der Waals surface area contributed by atoms with Crippen molar-refractivity contribution in [3.63, 3.8) is 0 Å². The van der Waals surface area contributed by atoms with Crippen LogP contribution in [0.5, 0.6) is 0 Å². The number of hydrogen-bond donors (Lipinski definition) is 2. The molecule has 0 saturated heterocycles. The molecule has 3 rings (SSSR count). The summed E-state index contributed by atoms with van der Waals surface area (Å²) in [4.78, 5) is 12.3. The van der Waals surface area contributed by atoms with Crippen LogP contribution in [0.1, 0.15) is 29.7 Å². The van der Waals surface area contributed by atoms with Gasteiger partial charge in [0.25, 0.3) is 0 Å². The summed E-state index contributed by atoms with van der Waals surface area (Å²) in [5.74, 6) is -0.444. The van der Waals surface area contributed by atoms with E-state index in [4.69, 9.17) is 12.2 Å². The monoisotopic (exact) mass is 340 g/mol. The van der Waals surface area contributed by atoms with Crippen molar-refractivity contribution in [2.24, 2.45) is 0 Å². The Labute approximate surface area is 145 Å². The van der Waals surface area contributed by atoms with Crippen LogP contribution in [0.15, 0.2) is 54.1 Å². The Morgan fingerprint density at radius 2 is 1.88 bits per heavy atom. The van der Waals surface area contributed by atoms with Gasteiger partial charge in [-0.05, 0) is 49.3 Å². The van der Waals surface area contributed by atoms with E-state index in [1.54, 1.807) is 12.1 Å². The number of carbonyl (C=O) groups excluding carboxylic acids is 1. The largest absolute Gasteiger partial charge is 0.351 e. The second-order valence-electron chi connectivity index (χ2n) is 5.80. The topological polar surface area (TPSA) is 41.1 Å². The van der Waals surface area contributed by atoms with Crippen molar-refractivity contribution in [3.05, 3.63) is 76.6 Å². The van der Waals surface area contributed by atoms with Gasteiger partial charge in [-0.15, -0.1) is 0 Å². The number of thiocarbonyl (C=S) groups is 1. The smallest absolute Gasteiger partial charge is 0.171 e. The van der Waals surface area contributed by atoms with Gasteiger partial charge in [-0.2, -0.15) is 0 Å². The number of halogens is 1. The van der Waals surface area contributed by atoms with E-state index >= 15 is 0 Å². The molecule has 0 amide bonds. The van der Waals surface area contributed by atoms with Gasteiger partial charge in [0.05, 0.1) is 11.7 Å². The number of Topliss-reactive ketones (excluding diaryl/α,β-unsaturated/α-hetero) is 1. The number of nitrogens with one attached hydrogen (secondary N) is 2. The molecule has 1 atom stereocenters. The van der Waals surface area contributed by atoms with Crippen LogP contribution >= 0.6 is 12.2 Å². The summed E-state index contributed by atoms with van der Waals surface area (Å²) in [6.07, 6.45) is 0. The second kappa shape index (κ2) is 6.53. The first-order valence-corrected chi connectivity index (χ1v) is 8.01. The van der Waals surface area contributed by atoms with E-state index in [0.717, 1.165) is 11.1 Å². The lowest BCUT2D eigenvalue weighted by Crippen LogP contribution is -2.44. The number of aryl methyl sites for hydroxylation is 1. The summed E-state index contributed by atoms with van der Waals surface area (Å²) < 4.78 is 13.6. The van der Waals surface area contributed by atoms with Gasteiger partial charge in [-0.3, -0.25) is 4.79 Å². The number of rotatable bonds is 3. The van der Waals surface area contributed by atoms with Crippen molar-refractivity contribution < 1.29 is 9.18 Å². The molecule has 1 aliphatic heterocycles.